The Kier molecular flexibility index (Phi) is 4.24. The number of ether oxygens (including phenoxy) is 2. The molecule has 0 N–H and O–H groups in total. The number of hydrogen-bond acceptors (Lipinski definition) is 3. The van der Waals surface area contributed by atoms with Crippen molar-refractivity contribution in [3.8, 4) is 11.8 Å². The first kappa shape index (κ1) is 11.1. The second kappa shape index (κ2) is 5.71. The van der Waals surface area contributed by atoms with Crippen LogP contribution in [-0.2, 0) is 9.47 Å². The summed E-state index contributed by atoms with van der Waals surface area (Å²) in [4.78, 5) is 10.7. The molecule has 0 fully saturated rings. The predicted octanol–water partition coefficient (Wildman–Crippen LogP) is 2.21. The Morgan fingerprint density at radius 3 is 2.60 bits per heavy atom. The van der Waals surface area contributed by atoms with E-state index in [4.69, 9.17) is 4.74 Å². The van der Waals surface area contributed by atoms with Crippen LogP contribution in [0.1, 0.15) is 12.5 Å². The van der Waals surface area contributed by atoms with Gasteiger partial charge in [-0.05, 0) is 19.1 Å². The topological polar surface area (TPSA) is 35.5 Å². The Morgan fingerprint density at radius 2 is 2.00 bits per heavy atom. The highest BCUT2D eigenvalue weighted by Crippen LogP contribution is 1.97. The third-order valence-electron chi connectivity index (χ3n) is 1.63. The van der Waals surface area contributed by atoms with E-state index in [0.717, 1.165) is 5.56 Å². The van der Waals surface area contributed by atoms with Gasteiger partial charge in [0.2, 0.25) is 0 Å². The van der Waals surface area contributed by atoms with Crippen LogP contribution in [-0.4, -0.2) is 19.4 Å². The van der Waals surface area contributed by atoms with Crippen LogP contribution in [0.2, 0.25) is 0 Å². The Morgan fingerprint density at radius 1 is 1.33 bits per heavy atom. The summed E-state index contributed by atoms with van der Waals surface area (Å²) in [6, 6.07) is 9.49. The van der Waals surface area contributed by atoms with E-state index < -0.39 is 12.3 Å². The molecule has 78 valence electrons. The number of hydrogen-bond donors (Lipinski definition) is 0. The predicted molar refractivity (Wildman–Crippen MR) is 56.3 cm³/mol. The maximum absolute atomic E-state index is 10.7. The molecule has 0 unspecified atom stereocenters. The monoisotopic (exact) mass is 204 g/mol. The first-order chi connectivity index (χ1) is 7.22. The van der Waals surface area contributed by atoms with Gasteiger partial charge in [-0.25, -0.2) is 4.79 Å². The molecule has 3 nitrogen and oxygen atoms in total. The minimum atomic E-state index is -0.718. The maximum atomic E-state index is 10.7. The van der Waals surface area contributed by atoms with Crippen molar-refractivity contribution in [3.05, 3.63) is 35.9 Å². The fourth-order valence-corrected chi connectivity index (χ4v) is 0.928. The van der Waals surface area contributed by atoms with Gasteiger partial charge in [-0.3, -0.25) is 0 Å². The third-order valence-corrected chi connectivity index (χ3v) is 1.63. The summed E-state index contributed by atoms with van der Waals surface area (Å²) in [7, 11) is 1.26. The molecule has 0 heterocycles. The van der Waals surface area contributed by atoms with Crippen molar-refractivity contribution in [3.63, 3.8) is 0 Å². The van der Waals surface area contributed by atoms with Gasteiger partial charge in [0.05, 0.1) is 7.11 Å². The highest BCUT2D eigenvalue weighted by Gasteiger charge is 2.04. The van der Waals surface area contributed by atoms with Crippen LogP contribution in [0.15, 0.2) is 30.3 Å². The number of carbonyl (C=O) groups excluding carboxylic acids is 1. The SMILES string of the molecule is COC(=O)O[C@@H](C)C#Cc1ccccc1. The zero-order valence-electron chi connectivity index (χ0n) is 8.69. The lowest BCUT2D eigenvalue weighted by atomic mass is 10.2. The van der Waals surface area contributed by atoms with Gasteiger partial charge in [-0.2, -0.15) is 0 Å². The molecule has 0 aliphatic rings. The molecule has 0 aliphatic carbocycles. The number of benzene rings is 1. The Labute approximate surface area is 89.0 Å². The Hall–Kier alpha value is -1.95. The van der Waals surface area contributed by atoms with E-state index in [-0.39, 0.29) is 0 Å². The number of rotatable bonds is 1. The van der Waals surface area contributed by atoms with Gasteiger partial charge in [0, 0.05) is 5.56 Å². The molecule has 0 spiro atoms. The average Bonchev–Trinajstić information content (AvgIpc) is 2.27. The van der Waals surface area contributed by atoms with Crippen LogP contribution >= 0.6 is 0 Å². The molecule has 0 amide bonds. The summed E-state index contributed by atoms with van der Waals surface area (Å²) in [5.41, 5.74) is 0.887. The lowest BCUT2D eigenvalue weighted by molar-refractivity contribution is 0.0604. The second-order valence-electron chi connectivity index (χ2n) is 2.85. The summed E-state index contributed by atoms with van der Waals surface area (Å²) < 4.78 is 9.13. The number of carbonyl (C=O) groups is 1. The first-order valence-electron chi connectivity index (χ1n) is 4.53. The highest BCUT2D eigenvalue weighted by molar-refractivity contribution is 5.60. The van der Waals surface area contributed by atoms with E-state index in [1.54, 1.807) is 6.92 Å². The maximum Gasteiger partial charge on any atom is 0.509 e. The molecule has 1 atom stereocenters. The molecule has 0 radical (unpaired) electrons. The summed E-state index contributed by atoms with van der Waals surface area (Å²) in [6.07, 6.45) is -1.19. The van der Waals surface area contributed by atoms with Crippen molar-refractivity contribution in [2.75, 3.05) is 7.11 Å². The summed E-state index contributed by atoms with van der Waals surface area (Å²) in [5.74, 6) is 5.68. The van der Waals surface area contributed by atoms with E-state index in [0.29, 0.717) is 0 Å². The van der Waals surface area contributed by atoms with Crippen LogP contribution in [0.4, 0.5) is 4.79 Å². The highest BCUT2D eigenvalue weighted by atomic mass is 16.7. The lowest BCUT2D eigenvalue weighted by Crippen LogP contribution is -2.12. The van der Waals surface area contributed by atoms with Gasteiger partial charge in [0.25, 0.3) is 0 Å². The Bertz CT molecular complexity index is 373. The van der Waals surface area contributed by atoms with Crippen molar-refractivity contribution in [1.29, 1.82) is 0 Å². The quantitative estimate of drug-likeness (QED) is 0.519. The minimum absolute atomic E-state index is 0.474. The van der Waals surface area contributed by atoms with Gasteiger partial charge in [-0.15, -0.1) is 0 Å². The van der Waals surface area contributed by atoms with Gasteiger partial charge in [0.15, 0.2) is 6.10 Å². The summed E-state index contributed by atoms with van der Waals surface area (Å²) in [5, 5.41) is 0. The van der Waals surface area contributed by atoms with Crippen LogP contribution in [0.25, 0.3) is 0 Å². The molecular weight excluding hydrogens is 192 g/mol. The van der Waals surface area contributed by atoms with Crippen molar-refractivity contribution in [2.24, 2.45) is 0 Å². The van der Waals surface area contributed by atoms with Gasteiger partial charge in [-0.1, -0.05) is 30.0 Å². The smallest absolute Gasteiger partial charge is 0.438 e. The van der Waals surface area contributed by atoms with E-state index >= 15 is 0 Å². The van der Waals surface area contributed by atoms with E-state index in [1.807, 2.05) is 30.3 Å². The van der Waals surface area contributed by atoms with E-state index in [2.05, 4.69) is 16.6 Å². The lowest BCUT2D eigenvalue weighted by Gasteiger charge is -2.04. The van der Waals surface area contributed by atoms with Gasteiger partial charge < -0.3 is 9.47 Å². The van der Waals surface area contributed by atoms with E-state index in [1.165, 1.54) is 7.11 Å². The Balaban J connectivity index is 2.55. The summed E-state index contributed by atoms with van der Waals surface area (Å²) >= 11 is 0. The minimum Gasteiger partial charge on any atom is -0.438 e. The standard InChI is InChI=1S/C12H12O3/c1-10(15-12(13)14-2)8-9-11-6-4-3-5-7-11/h3-7,10H,1-2H3/t10-/m0/s1. The first-order valence-corrected chi connectivity index (χ1v) is 4.53. The van der Waals surface area contributed by atoms with Gasteiger partial charge >= 0.3 is 6.16 Å². The normalized spacial score (nSPS) is 10.8. The molecule has 15 heavy (non-hydrogen) atoms. The van der Waals surface area contributed by atoms with Crippen molar-refractivity contribution < 1.29 is 14.3 Å². The molecule has 1 rings (SSSR count). The average molecular weight is 204 g/mol. The molecule has 1 aromatic carbocycles. The molecule has 0 aliphatic heterocycles. The van der Waals surface area contributed by atoms with Gasteiger partial charge in [0.1, 0.15) is 0 Å². The number of methoxy groups -OCH3 is 1. The fraction of sp³-hybridized carbons (Fsp3) is 0.250. The largest absolute Gasteiger partial charge is 0.509 e. The molecule has 0 saturated carbocycles. The zero-order chi connectivity index (χ0) is 11.1. The molecule has 0 bridgehead atoms. The van der Waals surface area contributed by atoms with Crippen LogP contribution in [0, 0.1) is 11.8 Å². The van der Waals surface area contributed by atoms with Crippen molar-refractivity contribution in [1.82, 2.24) is 0 Å². The molecule has 1 aromatic rings. The molecule has 0 saturated heterocycles. The van der Waals surface area contributed by atoms with Crippen LogP contribution in [0.5, 0.6) is 0 Å². The second-order valence-corrected chi connectivity index (χ2v) is 2.85. The third kappa shape index (κ3) is 4.19. The van der Waals surface area contributed by atoms with Crippen molar-refractivity contribution in [2.45, 2.75) is 13.0 Å². The van der Waals surface area contributed by atoms with Crippen molar-refractivity contribution >= 4 is 6.16 Å². The summed E-state index contributed by atoms with van der Waals surface area (Å²) in [6.45, 7) is 1.69. The molecule has 3 heteroatoms. The van der Waals surface area contributed by atoms with E-state index in [9.17, 15) is 4.79 Å². The zero-order valence-corrected chi connectivity index (χ0v) is 8.69. The molecular formula is C12H12O3. The molecule has 0 aromatic heterocycles. The van der Waals surface area contributed by atoms with Crippen LogP contribution in [0.3, 0.4) is 0 Å². The van der Waals surface area contributed by atoms with Crippen LogP contribution < -0.4 is 0 Å². The fourth-order valence-electron chi connectivity index (χ4n) is 0.928.